The molecular weight excluding hydrogens is 224 g/mol. The first kappa shape index (κ1) is 13.5. The lowest BCUT2D eigenvalue weighted by molar-refractivity contribution is 0.491. The molecule has 78 valence electrons. The molecule has 1 rings (SSSR count). The van der Waals surface area contributed by atoms with Crippen LogP contribution in [-0.2, 0) is 0 Å². The van der Waals surface area contributed by atoms with Gasteiger partial charge in [0, 0.05) is 12.3 Å². The molecule has 1 saturated heterocycles. The van der Waals surface area contributed by atoms with E-state index in [0.29, 0.717) is 5.92 Å². The Morgan fingerprint density at radius 3 is 2.54 bits per heavy atom. The zero-order valence-corrected chi connectivity index (χ0v) is 10.5. The van der Waals surface area contributed by atoms with Crippen LogP contribution >= 0.6 is 36.4 Å². The van der Waals surface area contributed by atoms with Gasteiger partial charge in [-0.3, -0.25) is 0 Å². The Bertz CT molecular complexity index is 166. The van der Waals surface area contributed by atoms with Crippen LogP contribution in [0.1, 0.15) is 13.8 Å². The molecular formula is C8H17ClN2S2. The fraction of sp³-hybridized carbons (Fsp3) is 0.875. The molecule has 2 N–H and O–H groups in total. The van der Waals surface area contributed by atoms with Crippen molar-refractivity contribution < 1.29 is 0 Å². The minimum atomic E-state index is 0. The Balaban J connectivity index is 0.00000144. The molecule has 2 nitrogen and oxygen atoms in total. The number of nitrogens with zero attached hydrogens (tertiary/aromatic N) is 1. The van der Waals surface area contributed by atoms with E-state index in [1.807, 2.05) is 11.8 Å². The van der Waals surface area contributed by atoms with Gasteiger partial charge < -0.3 is 10.6 Å². The van der Waals surface area contributed by atoms with E-state index < -0.39 is 0 Å². The van der Waals surface area contributed by atoms with Crippen molar-refractivity contribution in [2.24, 2.45) is 11.7 Å². The van der Waals surface area contributed by atoms with Crippen LogP contribution in [-0.4, -0.2) is 34.1 Å². The summed E-state index contributed by atoms with van der Waals surface area (Å²) >= 11 is 7.22. The maximum Gasteiger partial charge on any atom is 0.0959 e. The highest BCUT2D eigenvalue weighted by Gasteiger charge is 2.21. The molecule has 1 unspecified atom stereocenters. The van der Waals surface area contributed by atoms with Gasteiger partial charge in [-0.2, -0.15) is 0 Å². The Morgan fingerprint density at radius 2 is 2.15 bits per heavy atom. The topological polar surface area (TPSA) is 29.3 Å². The average molecular weight is 241 g/mol. The number of hydrogen-bond acceptors (Lipinski definition) is 3. The molecule has 0 spiro atoms. The second kappa shape index (κ2) is 6.06. The van der Waals surface area contributed by atoms with Gasteiger partial charge in [0.05, 0.1) is 16.9 Å². The third-order valence-corrected chi connectivity index (χ3v) is 3.56. The fourth-order valence-electron chi connectivity index (χ4n) is 1.08. The maximum atomic E-state index is 5.95. The van der Waals surface area contributed by atoms with Gasteiger partial charge in [0.25, 0.3) is 0 Å². The van der Waals surface area contributed by atoms with Gasteiger partial charge in [-0.1, -0.05) is 26.1 Å². The van der Waals surface area contributed by atoms with E-state index in [-0.39, 0.29) is 18.4 Å². The number of halogens is 1. The van der Waals surface area contributed by atoms with Crippen molar-refractivity contribution in [1.29, 1.82) is 0 Å². The van der Waals surface area contributed by atoms with Gasteiger partial charge in [-0.25, -0.2) is 0 Å². The molecule has 0 bridgehead atoms. The fourth-order valence-corrected chi connectivity index (χ4v) is 2.56. The Labute approximate surface area is 96.0 Å². The van der Waals surface area contributed by atoms with Gasteiger partial charge >= 0.3 is 0 Å². The van der Waals surface area contributed by atoms with Crippen molar-refractivity contribution >= 4 is 41.4 Å². The van der Waals surface area contributed by atoms with Crippen molar-refractivity contribution in [3.8, 4) is 0 Å². The van der Waals surface area contributed by atoms with Crippen molar-refractivity contribution in [1.82, 2.24) is 4.90 Å². The molecule has 1 fully saturated rings. The normalized spacial score (nSPS) is 18.6. The SMILES string of the molecule is CC(C)C(N)C(=S)N1CCSC1.Cl. The molecule has 0 saturated carbocycles. The summed E-state index contributed by atoms with van der Waals surface area (Å²) in [5.41, 5.74) is 5.95. The summed E-state index contributed by atoms with van der Waals surface area (Å²) in [4.78, 5) is 3.15. The number of hydrogen-bond donors (Lipinski definition) is 1. The van der Waals surface area contributed by atoms with Gasteiger partial charge in [-0.05, 0) is 5.92 Å². The smallest absolute Gasteiger partial charge is 0.0959 e. The summed E-state index contributed by atoms with van der Waals surface area (Å²) in [7, 11) is 0. The quantitative estimate of drug-likeness (QED) is 0.745. The molecule has 0 aromatic rings. The molecule has 1 aliphatic heterocycles. The second-order valence-electron chi connectivity index (χ2n) is 3.41. The van der Waals surface area contributed by atoms with Gasteiger partial charge in [0.1, 0.15) is 0 Å². The lowest BCUT2D eigenvalue weighted by Crippen LogP contribution is -2.44. The first-order valence-corrected chi connectivity index (χ1v) is 5.81. The van der Waals surface area contributed by atoms with Crippen molar-refractivity contribution in [3.63, 3.8) is 0 Å². The van der Waals surface area contributed by atoms with Crippen LogP contribution in [0.25, 0.3) is 0 Å². The van der Waals surface area contributed by atoms with Gasteiger partial charge in [0.15, 0.2) is 0 Å². The molecule has 0 aromatic heterocycles. The largest absolute Gasteiger partial charge is 0.355 e. The van der Waals surface area contributed by atoms with E-state index >= 15 is 0 Å². The minimum Gasteiger partial charge on any atom is -0.355 e. The zero-order chi connectivity index (χ0) is 9.14. The lowest BCUT2D eigenvalue weighted by atomic mass is 10.1. The zero-order valence-electron chi connectivity index (χ0n) is 8.03. The van der Waals surface area contributed by atoms with E-state index in [4.69, 9.17) is 18.0 Å². The highest BCUT2D eigenvalue weighted by atomic mass is 35.5. The monoisotopic (exact) mass is 240 g/mol. The van der Waals surface area contributed by atoms with E-state index in [9.17, 15) is 0 Å². The Kier molecular flexibility index (Phi) is 6.29. The highest BCUT2D eigenvalue weighted by Crippen LogP contribution is 2.16. The van der Waals surface area contributed by atoms with Gasteiger partial charge in [-0.15, -0.1) is 24.2 Å². The van der Waals surface area contributed by atoms with Crippen LogP contribution in [0.15, 0.2) is 0 Å². The summed E-state index contributed by atoms with van der Waals surface area (Å²) < 4.78 is 0. The molecule has 1 atom stereocenters. The van der Waals surface area contributed by atoms with Crippen LogP contribution in [0, 0.1) is 5.92 Å². The standard InChI is InChI=1S/C8H16N2S2.ClH/c1-6(2)7(9)8(11)10-3-4-12-5-10;/h6-7H,3-5,9H2,1-2H3;1H. The minimum absolute atomic E-state index is 0. The molecule has 0 aromatic carbocycles. The summed E-state index contributed by atoms with van der Waals surface area (Å²) in [5, 5.41) is 0. The van der Waals surface area contributed by atoms with Crippen LogP contribution in [0.3, 0.4) is 0 Å². The van der Waals surface area contributed by atoms with Crippen LogP contribution in [0.5, 0.6) is 0 Å². The van der Waals surface area contributed by atoms with E-state index in [0.717, 1.165) is 17.4 Å². The summed E-state index contributed by atoms with van der Waals surface area (Å²) in [6.45, 7) is 5.30. The number of rotatable bonds is 2. The van der Waals surface area contributed by atoms with Crippen molar-refractivity contribution in [2.45, 2.75) is 19.9 Å². The molecule has 1 heterocycles. The Hall–Kier alpha value is 0.490. The molecule has 13 heavy (non-hydrogen) atoms. The summed E-state index contributed by atoms with van der Waals surface area (Å²) in [6, 6.07) is 0.0544. The predicted octanol–water partition coefficient (Wildman–Crippen LogP) is 1.73. The molecule has 5 heteroatoms. The van der Waals surface area contributed by atoms with Crippen LogP contribution in [0.4, 0.5) is 0 Å². The summed E-state index contributed by atoms with van der Waals surface area (Å²) in [5.74, 6) is 2.66. The van der Waals surface area contributed by atoms with Crippen molar-refractivity contribution in [3.05, 3.63) is 0 Å². The summed E-state index contributed by atoms with van der Waals surface area (Å²) in [6.07, 6.45) is 0. The van der Waals surface area contributed by atoms with E-state index in [2.05, 4.69) is 18.7 Å². The third kappa shape index (κ3) is 3.62. The molecule has 1 aliphatic rings. The second-order valence-corrected chi connectivity index (χ2v) is 4.90. The Morgan fingerprint density at radius 1 is 1.54 bits per heavy atom. The number of nitrogens with two attached hydrogens (primary N) is 1. The highest BCUT2D eigenvalue weighted by molar-refractivity contribution is 7.99. The van der Waals surface area contributed by atoms with Gasteiger partial charge in [0.2, 0.25) is 0 Å². The van der Waals surface area contributed by atoms with E-state index in [1.165, 1.54) is 5.75 Å². The predicted molar refractivity (Wildman–Crippen MR) is 66.7 cm³/mol. The van der Waals surface area contributed by atoms with Crippen LogP contribution < -0.4 is 5.73 Å². The third-order valence-electron chi connectivity index (χ3n) is 2.07. The maximum absolute atomic E-state index is 5.95. The van der Waals surface area contributed by atoms with E-state index in [1.54, 1.807) is 0 Å². The van der Waals surface area contributed by atoms with Crippen molar-refractivity contribution in [2.75, 3.05) is 18.2 Å². The number of thioether (sulfide) groups is 1. The number of thiocarbonyl (C=S) groups is 1. The van der Waals surface area contributed by atoms with Crippen LogP contribution in [0.2, 0.25) is 0 Å². The first-order valence-electron chi connectivity index (χ1n) is 4.25. The first-order chi connectivity index (χ1) is 5.63. The average Bonchev–Trinajstić information content (AvgIpc) is 2.53. The molecule has 0 radical (unpaired) electrons. The molecule has 0 aliphatic carbocycles. The molecule has 0 amide bonds. The lowest BCUT2D eigenvalue weighted by Gasteiger charge is -2.25.